The van der Waals surface area contributed by atoms with Gasteiger partial charge >= 0.3 is 0 Å². The number of hydrogen-bond donors (Lipinski definition) is 2. The molecule has 0 spiro atoms. The van der Waals surface area contributed by atoms with Crippen molar-refractivity contribution in [1.29, 1.82) is 0 Å². The summed E-state index contributed by atoms with van der Waals surface area (Å²) in [4.78, 5) is 12.6. The summed E-state index contributed by atoms with van der Waals surface area (Å²) >= 11 is 0. The van der Waals surface area contributed by atoms with Crippen LogP contribution in [-0.4, -0.2) is 32.1 Å². The lowest BCUT2D eigenvalue weighted by atomic mass is 10.0. The predicted molar refractivity (Wildman–Crippen MR) is 63.3 cm³/mol. The topological polar surface area (TPSA) is 81.7 Å². The Hall–Kier alpha value is -1.69. The Morgan fingerprint density at radius 1 is 1.29 bits per heavy atom. The van der Waals surface area contributed by atoms with E-state index in [9.17, 15) is 0 Å². The molecule has 17 heavy (non-hydrogen) atoms. The van der Waals surface area contributed by atoms with Crippen molar-refractivity contribution in [2.45, 2.75) is 24.9 Å². The third-order valence-corrected chi connectivity index (χ3v) is 4.07. The lowest BCUT2D eigenvalue weighted by molar-refractivity contribution is 0.351. The van der Waals surface area contributed by atoms with Crippen LogP contribution in [0.5, 0.6) is 0 Å². The predicted octanol–water partition coefficient (Wildman–Crippen LogP) is 0.331. The molecule has 6 heteroatoms. The number of imidazole rings is 1. The second-order valence-corrected chi connectivity index (χ2v) is 4.99. The van der Waals surface area contributed by atoms with Crippen molar-refractivity contribution in [1.82, 2.24) is 24.8 Å². The summed E-state index contributed by atoms with van der Waals surface area (Å²) in [6.45, 7) is 1.11. The standard InChI is InChI=1S/C11H14N6/c12-10-9-11(15-4-14-10)17(5-16-9)8-2-7-1-6(8)3-13-7/h4-8,13H,1-3H2,(H2,12,14,15)/t6-,7-,8+/m1/s1. The van der Waals surface area contributed by atoms with Crippen molar-refractivity contribution < 1.29 is 0 Å². The molecule has 1 saturated carbocycles. The van der Waals surface area contributed by atoms with Crippen LogP contribution in [0.25, 0.3) is 11.2 Å². The molecule has 0 aromatic carbocycles. The molecule has 3 heterocycles. The van der Waals surface area contributed by atoms with Gasteiger partial charge in [0.1, 0.15) is 11.8 Å². The number of rotatable bonds is 1. The van der Waals surface area contributed by atoms with Gasteiger partial charge in [0, 0.05) is 18.6 Å². The second kappa shape index (κ2) is 3.16. The summed E-state index contributed by atoms with van der Waals surface area (Å²) in [6.07, 6.45) is 5.81. The normalized spacial score (nSPS) is 31.4. The van der Waals surface area contributed by atoms with Crippen LogP contribution in [0.2, 0.25) is 0 Å². The summed E-state index contributed by atoms with van der Waals surface area (Å²) in [7, 11) is 0. The van der Waals surface area contributed by atoms with Crippen molar-refractivity contribution in [3.8, 4) is 0 Å². The molecule has 2 aromatic heterocycles. The molecule has 2 aliphatic rings. The van der Waals surface area contributed by atoms with Crippen LogP contribution in [0.4, 0.5) is 5.82 Å². The van der Waals surface area contributed by atoms with E-state index in [1.54, 1.807) is 0 Å². The van der Waals surface area contributed by atoms with Gasteiger partial charge in [-0.05, 0) is 18.8 Å². The zero-order valence-corrected chi connectivity index (χ0v) is 9.37. The lowest BCUT2D eigenvalue weighted by Gasteiger charge is -2.23. The third kappa shape index (κ3) is 1.21. The third-order valence-electron chi connectivity index (χ3n) is 4.07. The lowest BCUT2D eigenvalue weighted by Crippen LogP contribution is -2.30. The number of nitrogen functional groups attached to an aromatic ring is 1. The first-order valence-corrected chi connectivity index (χ1v) is 5.99. The molecule has 6 nitrogen and oxygen atoms in total. The summed E-state index contributed by atoms with van der Waals surface area (Å²) in [5, 5.41) is 3.52. The first-order chi connectivity index (χ1) is 8.33. The molecule has 0 unspecified atom stereocenters. The first-order valence-electron chi connectivity index (χ1n) is 5.99. The molecule has 1 aliphatic heterocycles. The number of nitrogens with zero attached hydrogens (tertiary/aromatic N) is 4. The fourth-order valence-corrected chi connectivity index (χ4v) is 3.26. The largest absolute Gasteiger partial charge is 0.382 e. The quantitative estimate of drug-likeness (QED) is 0.738. The van der Waals surface area contributed by atoms with E-state index in [2.05, 4.69) is 24.8 Å². The minimum atomic E-state index is 0.468. The molecule has 3 N–H and O–H groups in total. The minimum absolute atomic E-state index is 0.468. The van der Waals surface area contributed by atoms with Crippen LogP contribution in [0.15, 0.2) is 12.7 Å². The van der Waals surface area contributed by atoms with E-state index in [0.717, 1.165) is 17.7 Å². The maximum atomic E-state index is 5.80. The molecular weight excluding hydrogens is 216 g/mol. The average molecular weight is 230 g/mol. The fourth-order valence-electron chi connectivity index (χ4n) is 3.26. The number of anilines is 1. The number of aromatic nitrogens is 4. The van der Waals surface area contributed by atoms with E-state index in [1.165, 1.54) is 19.2 Å². The van der Waals surface area contributed by atoms with E-state index in [-0.39, 0.29) is 0 Å². The van der Waals surface area contributed by atoms with Gasteiger partial charge in [0.05, 0.1) is 6.33 Å². The molecule has 88 valence electrons. The zero-order chi connectivity index (χ0) is 11.4. The molecule has 0 radical (unpaired) electrons. The Labute approximate surface area is 98.3 Å². The molecular formula is C11H14N6. The number of fused-ring (bicyclic) bond motifs is 3. The van der Waals surface area contributed by atoms with Gasteiger partial charge in [0.15, 0.2) is 11.5 Å². The highest BCUT2D eigenvalue weighted by molar-refractivity contribution is 5.81. The van der Waals surface area contributed by atoms with Crippen LogP contribution in [0.3, 0.4) is 0 Å². The highest BCUT2D eigenvalue weighted by atomic mass is 15.2. The Bertz CT molecular complexity index is 576. The highest BCUT2D eigenvalue weighted by Gasteiger charge is 2.40. The maximum Gasteiger partial charge on any atom is 0.165 e. The first kappa shape index (κ1) is 9.35. The Morgan fingerprint density at radius 3 is 3.00 bits per heavy atom. The van der Waals surface area contributed by atoms with Gasteiger partial charge in [0.2, 0.25) is 0 Å². The van der Waals surface area contributed by atoms with Crippen LogP contribution >= 0.6 is 0 Å². The molecule has 3 atom stereocenters. The van der Waals surface area contributed by atoms with E-state index in [4.69, 9.17) is 5.73 Å². The van der Waals surface area contributed by atoms with Gasteiger partial charge in [-0.3, -0.25) is 0 Å². The van der Waals surface area contributed by atoms with Crippen molar-refractivity contribution in [3.63, 3.8) is 0 Å². The van der Waals surface area contributed by atoms with Crippen molar-refractivity contribution in [3.05, 3.63) is 12.7 Å². The van der Waals surface area contributed by atoms with Crippen LogP contribution < -0.4 is 11.1 Å². The number of nitrogens with two attached hydrogens (primary N) is 1. The van der Waals surface area contributed by atoms with E-state index >= 15 is 0 Å². The van der Waals surface area contributed by atoms with Crippen molar-refractivity contribution in [2.24, 2.45) is 5.92 Å². The van der Waals surface area contributed by atoms with Crippen molar-refractivity contribution in [2.75, 3.05) is 12.3 Å². The summed E-state index contributed by atoms with van der Waals surface area (Å²) in [5.74, 6) is 1.17. The SMILES string of the molecule is Nc1ncnc2c1ncn2[C@H]1C[C@H]2C[C@@H]1CN2. The summed E-state index contributed by atoms with van der Waals surface area (Å²) < 4.78 is 2.18. The Kier molecular flexibility index (Phi) is 1.74. The number of piperidine rings is 1. The molecule has 0 amide bonds. The Morgan fingerprint density at radius 2 is 2.24 bits per heavy atom. The van der Waals surface area contributed by atoms with E-state index < -0.39 is 0 Å². The Balaban J connectivity index is 1.84. The summed E-state index contributed by atoms with van der Waals surface area (Å²) in [5.41, 5.74) is 7.40. The van der Waals surface area contributed by atoms with Crippen LogP contribution in [-0.2, 0) is 0 Å². The van der Waals surface area contributed by atoms with Gasteiger partial charge < -0.3 is 15.6 Å². The van der Waals surface area contributed by atoms with Gasteiger partial charge in [0.25, 0.3) is 0 Å². The zero-order valence-electron chi connectivity index (χ0n) is 9.37. The fraction of sp³-hybridized carbons (Fsp3) is 0.545. The molecule has 1 saturated heterocycles. The van der Waals surface area contributed by atoms with Gasteiger partial charge in [-0.2, -0.15) is 0 Å². The second-order valence-electron chi connectivity index (χ2n) is 4.99. The molecule has 2 aromatic rings. The maximum absolute atomic E-state index is 5.80. The minimum Gasteiger partial charge on any atom is -0.382 e. The molecule has 2 bridgehead atoms. The van der Waals surface area contributed by atoms with Crippen LogP contribution in [0, 0.1) is 5.92 Å². The van der Waals surface area contributed by atoms with Crippen LogP contribution in [0.1, 0.15) is 18.9 Å². The smallest absolute Gasteiger partial charge is 0.165 e. The molecule has 2 fully saturated rings. The van der Waals surface area contributed by atoms with Gasteiger partial charge in [-0.15, -0.1) is 0 Å². The van der Waals surface area contributed by atoms with Gasteiger partial charge in [-0.1, -0.05) is 0 Å². The van der Waals surface area contributed by atoms with Crippen molar-refractivity contribution >= 4 is 17.0 Å². The highest BCUT2D eigenvalue weighted by Crippen LogP contribution is 2.41. The van der Waals surface area contributed by atoms with Gasteiger partial charge in [-0.25, -0.2) is 15.0 Å². The molecule has 4 rings (SSSR count). The van der Waals surface area contributed by atoms with E-state index in [0.29, 0.717) is 23.8 Å². The number of hydrogen-bond acceptors (Lipinski definition) is 5. The summed E-state index contributed by atoms with van der Waals surface area (Å²) in [6, 6.07) is 1.18. The molecule has 1 aliphatic carbocycles. The number of nitrogens with one attached hydrogen (secondary N) is 1. The monoisotopic (exact) mass is 230 g/mol. The average Bonchev–Trinajstić information content (AvgIpc) is 3.03. The van der Waals surface area contributed by atoms with E-state index in [1.807, 2.05) is 6.33 Å².